The van der Waals surface area contributed by atoms with Crippen LogP contribution in [0.2, 0.25) is 0 Å². The lowest BCUT2D eigenvalue weighted by atomic mass is 9.99. The van der Waals surface area contributed by atoms with Gasteiger partial charge in [0.05, 0.1) is 12.7 Å². The molecule has 1 N–H and O–H groups in total. The van der Waals surface area contributed by atoms with Crippen LogP contribution in [0.4, 0.5) is 0 Å². The molecule has 0 aliphatic carbocycles. The van der Waals surface area contributed by atoms with Crippen molar-refractivity contribution in [3.05, 3.63) is 29.8 Å². The number of aliphatic hydroxyl groups excluding tert-OH is 1. The van der Waals surface area contributed by atoms with Gasteiger partial charge in [0.2, 0.25) is 0 Å². The molecule has 1 aromatic rings. The Morgan fingerprint density at radius 1 is 1.31 bits per heavy atom. The summed E-state index contributed by atoms with van der Waals surface area (Å²) in [5.41, 5.74) is 1.23. The first-order valence-electron chi connectivity index (χ1n) is 6.03. The molecule has 1 atom stereocenters. The van der Waals surface area contributed by atoms with Gasteiger partial charge in [0.1, 0.15) is 5.75 Å². The number of benzene rings is 1. The lowest BCUT2D eigenvalue weighted by molar-refractivity contribution is 0.116. The maximum absolute atomic E-state index is 9.73. The van der Waals surface area contributed by atoms with Crippen LogP contribution in [0.1, 0.15) is 32.8 Å². The summed E-state index contributed by atoms with van der Waals surface area (Å²) in [5, 5.41) is 9.73. The van der Waals surface area contributed by atoms with E-state index in [0.29, 0.717) is 12.5 Å². The van der Waals surface area contributed by atoms with E-state index >= 15 is 0 Å². The van der Waals surface area contributed by atoms with Crippen LogP contribution in [-0.4, -0.2) is 17.8 Å². The molecule has 0 amide bonds. The zero-order valence-electron chi connectivity index (χ0n) is 10.4. The van der Waals surface area contributed by atoms with Crippen molar-refractivity contribution < 1.29 is 9.84 Å². The second-order valence-corrected chi connectivity index (χ2v) is 4.43. The van der Waals surface area contributed by atoms with Crippen molar-refractivity contribution >= 4 is 0 Å². The van der Waals surface area contributed by atoms with Crippen LogP contribution in [0.3, 0.4) is 0 Å². The Morgan fingerprint density at radius 2 is 2.06 bits per heavy atom. The molecule has 16 heavy (non-hydrogen) atoms. The lowest BCUT2D eigenvalue weighted by Crippen LogP contribution is -2.15. The van der Waals surface area contributed by atoms with Crippen molar-refractivity contribution in [3.63, 3.8) is 0 Å². The third-order valence-electron chi connectivity index (χ3n) is 2.71. The first kappa shape index (κ1) is 13.0. The predicted molar refractivity (Wildman–Crippen MR) is 66.8 cm³/mol. The van der Waals surface area contributed by atoms with E-state index in [9.17, 15) is 5.11 Å². The highest BCUT2D eigenvalue weighted by molar-refractivity contribution is 5.28. The Labute approximate surface area is 98.3 Å². The zero-order valence-corrected chi connectivity index (χ0v) is 10.4. The molecule has 0 fully saturated rings. The van der Waals surface area contributed by atoms with Crippen LogP contribution in [0.25, 0.3) is 0 Å². The molecule has 1 aromatic carbocycles. The van der Waals surface area contributed by atoms with Gasteiger partial charge in [-0.15, -0.1) is 0 Å². The number of aryl methyl sites for hydroxylation is 1. The Bertz CT molecular complexity index is 307. The molecule has 1 unspecified atom stereocenters. The van der Waals surface area contributed by atoms with Crippen LogP contribution in [-0.2, 0) is 6.42 Å². The van der Waals surface area contributed by atoms with E-state index in [1.54, 1.807) is 0 Å². The molecular weight excluding hydrogens is 200 g/mol. The van der Waals surface area contributed by atoms with Gasteiger partial charge in [-0.2, -0.15) is 0 Å². The monoisotopic (exact) mass is 222 g/mol. The molecule has 2 heteroatoms. The third kappa shape index (κ3) is 4.23. The smallest absolute Gasteiger partial charge is 0.119 e. The lowest BCUT2D eigenvalue weighted by Gasteiger charge is -2.14. The van der Waals surface area contributed by atoms with Crippen LogP contribution < -0.4 is 4.74 Å². The summed E-state index contributed by atoms with van der Waals surface area (Å²) in [6.45, 7) is 6.76. The van der Waals surface area contributed by atoms with E-state index in [2.05, 4.69) is 12.1 Å². The van der Waals surface area contributed by atoms with Crippen molar-refractivity contribution in [2.24, 2.45) is 5.92 Å². The zero-order chi connectivity index (χ0) is 12.0. The Balaban J connectivity index is 2.50. The molecule has 0 saturated carbocycles. The number of hydrogen-bond donors (Lipinski definition) is 1. The van der Waals surface area contributed by atoms with Gasteiger partial charge in [-0.3, -0.25) is 0 Å². The summed E-state index contributed by atoms with van der Waals surface area (Å²) in [6.07, 6.45) is 1.50. The summed E-state index contributed by atoms with van der Waals surface area (Å²) in [6, 6.07) is 8.10. The van der Waals surface area contributed by atoms with E-state index < -0.39 is 0 Å². The summed E-state index contributed by atoms with van der Waals surface area (Å²) in [7, 11) is 0. The van der Waals surface area contributed by atoms with Gasteiger partial charge in [0.15, 0.2) is 0 Å². The second kappa shape index (κ2) is 6.54. The van der Waals surface area contributed by atoms with Crippen LogP contribution in [0.5, 0.6) is 5.75 Å². The molecule has 0 aliphatic rings. The molecule has 0 saturated heterocycles. The van der Waals surface area contributed by atoms with Gasteiger partial charge in [-0.1, -0.05) is 26.0 Å². The number of rotatable bonds is 6. The topological polar surface area (TPSA) is 29.5 Å². The predicted octanol–water partition coefficient (Wildman–Crippen LogP) is 3.03. The van der Waals surface area contributed by atoms with Crippen LogP contribution in [0, 0.1) is 5.92 Å². The SMILES string of the molecule is CCOc1cccc(CCC(O)C(C)C)c1. The van der Waals surface area contributed by atoms with Crippen molar-refractivity contribution in [2.45, 2.75) is 39.7 Å². The number of ether oxygens (including phenoxy) is 1. The van der Waals surface area contributed by atoms with E-state index in [1.807, 2.05) is 32.9 Å². The summed E-state index contributed by atoms with van der Waals surface area (Å²) in [4.78, 5) is 0. The molecule has 0 radical (unpaired) electrons. The molecule has 0 bridgehead atoms. The summed E-state index contributed by atoms with van der Waals surface area (Å²) >= 11 is 0. The Hall–Kier alpha value is -1.02. The molecule has 0 aromatic heterocycles. The highest BCUT2D eigenvalue weighted by Crippen LogP contribution is 2.16. The van der Waals surface area contributed by atoms with Crippen LogP contribution in [0.15, 0.2) is 24.3 Å². The highest BCUT2D eigenvalue weighted by atomic mass is 16.5. The Morgan fingerprint density at radius 3 is 2.69 bits per heavy atom. The maximum atomic E-state index is 9.73. The van der Waals surface area contributed by atoms with Gasteiger partial charge in [-0.25, -0.2) is 0 Å². The third-order valence-corrected chi connectivity index (χ3v) is 2.71. The summed E-state index contributed by atoms with van der Waals surface area (Å²) in [5.74, 6) is 1.24. The number of hydrogen-bond acceptors (Lipinski definition) is 2. The van der Waals surface area contributed by atoms with E-state index in [4.69, 9.17) is 4.74 Å². The average Bonchev–Trinajstić information content (AvgIpc) is 2.26. The second-order valence-electron chi connectivity index (χ2n) is 4.43. The molecule has 0 aliphatic heterocycles. The van der Waals surface area contributed by atoms with E-state index in [1.165, 1.54) is 5.56 Å². The van der Waals surface area contributed by atoms with E-state index in [0.717, 1.165) is 18.6 Å². The molecular formula is C14H22O2. The Kier molecular flexibility index (Phi) is 5.33. The normalized spacial score (nSPS) is 12.8. The average molecular weight is 222 g/mol. The fraction of sp³-hybridized carbons (Fsp3) is 0.571. The van der Waals surface area contributed by atoms with Crippen molar-refractivity contribution in [3.8, 4) is 5.75 Å². The summed E-state index contributed by atoms with van der Waals surface area (Å²) < 4.78 is 5.44. The quantitative estimate of drug-likeness (QED) is 0.801. The molecule has 1 rings (SSSR count). The minimum absolute atomic E-state index is 0.212. The number of aliphatic hydroxyl groups is 1. The minimum Gasteiger partial charge on any atom is -0.494 e. The van der Waals surface area contributed by atoms with Gasteiger partial charge in [-0.05, 0) is 43.4 Å². The largest absolute Gasteiger partial charge is 0.494 e. The fourth-order valence-corrected chi connectivity index (χ4v) is 1.61. The minimum atomic E-state index is -0.212. The fourth-order valence-electron chi connectivity index (χ4n) is 1.61. The first-order valence-corrected chi connectivity index (χ1v) is 6.03. The van der Waals surface area contributed by atoms with Crippen LogP contribution >= 0.6 is 0 Å². The van der Waals surface area contributed by atoms with Gasteiger partial charge >= 0.3 is 0 Å². The molecule has 0 spiro atoms. The standard InChI is InChI=1S/C14H22O2/c1-4-16-13-7-5-6-12(10-13)8-9-14(15)11(2)3/h5-7,10-11,14-15H,4,8-9H2,1-3H3. The van der Waals surface area contributed by atoms with Crippen molar-refractivity contribution in [1.82, 2.24) is 0 Å². The van der Waals surface area contributed by atoms with E-state index in [-0.39, 0.29) is 6.10 Å². The van der Waals surface area contributed by atoms with Crippen molar-refractivity contribution in [2.75, 3.05) is 6.61 Å². The molecule has 90 valence electrons. The molecule has 2 nitrogen and oxygen atoms in total. The van der Waals surface area contributed by atoms with Crippen molar-refractivity contribution in [1.29, 1.82) is 0 Å². The first-order chi connectivity index (χ1) is 7.63. The van der Waals surface area contributed by atoms with Gasteiger partial charge in [0, 0.05) is 0 Å². The molecule has 0 heterocycles. The maximum Gasteiger partial charge on any atom is 0.119 e. The van der Waals surface area contributed by atoms with Gasteiger partial charge < -0.3 is 9.84 Å². The van der Waals surface area contributed by atoms with Gasteiger partial charge in [0.25, 0.3) is 0 Å². The highest BCUT2D eigenvalue weighted by Gasteiger charge is 2.09.